The molecule has 0 aliphatic carbocycles. The highest BCUT2D eigenvalue weighted by Crippen LogP contribution is 2.29. The first-order valence-corrected chi connectivity index (χ1v) is 7.24. The number of ketones is 1. The number of carbonyl (C=O) groups is 3. The van der Waals surface area contributed by atoms with Gasteiger partial charge in [0, 0.05) is 17.0 Å². The molecule has 0 saturated carbocycles. The summed E-state index contributed by atoms with van der Waals surface area (Å²) in [6, 6.07) is 4.59. The highest BCUT2D eigenvalue weighted by atomic mass is 19.1. The van der Waals surface area contributed by atoms with Crippen LogP contribution in [0.2, 0.25) is 0 Å². The maximum atomic E-state index is 12.5. The molecule has 0 bridgehead atoms. The van der Waals surface area contributed by atoms with Crippen LogP contribution in [0, 0.1) is 0 Å². The standard InChI is InChI=1S/C16H17FN2O5/c1-9(15(23)18-12(6-14(21)22)13(20)7-17)19-8-10-4-2-3-5-11(10)16(19)24/h2-5,8-9,12,24H,6-7H2,1H3,(H,18,23)(H,21,22)/t9-,12?/m0/s1. The largest absolute Gasteiger partial charge is 0.494 e. The average molecular weight is 336 g/mol. The van der Waals surface area contributed by atoms with Gasteiger partial charge in [0.1, 0.15) is 18.8 Å². The van der Waals surface area contributed by atoms with Crippen molar-refractivity contribution in [3.8, 4) is 5.88 Å². The second kappa shape index (κ2) is 7.12. The van der Waals surface area contributed by atoms with E-state index in [0.29, 0.717) is 5.39 Å². The topological polar surface area (TPSA) is 109 Å². The summed E-state index contributed by atoms with van der Waals surface area (Å²) in [5, 5.41) is 22.5. The molecule has 0 saturated heterocycles. The number of hydrogen-bond donors (Lipinski definition) is 3. The second-order valence-electron chi connectivity index (χ2n) is 5.38. The number of carbonyl (C=O) groups excluding carboxylic acids is 2. The zero-order chi connectivity index (χ0) is 17.9. The van der Waals surface area contributed by atoms with E-state index in [-0.39, 0.29) is 5.88 Å². The molecule has 0 aliphatic heterocycles. The lowest BCUT2D eigenvalue weighted by atomic mass is 10.1. The van der Waals surface area contributed by atoms with Gasteiger partial charge in [0.05, 0.1) is 6.42 Å². The monoisotopic (exact) mass is 336 g/mol. The molecule has 2 atom stereocenters. The number of aromatic hydroxyl groups is 1. The van der Waals surface area contributed by atoms with Gasteiger partial charge in [0.25, 0.3) is 0 Å². The Morgan fingerprint density at radius 2 is 1.96 bits per heavy atom. The maximum Gasteiger partial charge on any atom is 0.305 e. The number of aromatic nitrogens is 1. The molecule has 2 rings (SSSR count). The number of nitrogens with zero attached hydrogens (tertiary/aromatic N) is 1. The number of benzene rings is 1. The molecule has 1 amide bonds. The van der Waals surface area contributed by atoms with E-state index in [1.54, 1.807) is 30.5 Å². The number of nitrogens with one attached hydrogen (secondary N) is 1. The predicted octanol–water partition coefficient (Wildman–Crippen LogP) is 1.41. The Bertz CT molecular complexity index is 786. The average Bonchev–Trinajstić information content (AvgIpc) is 2.89. The number of rotatable bonds is 7. The fourth-order valence-corrected chi connectivity index (χ4v) is 2.39. The number of carboxylic acids is 1. The Morgan fingerprint density at radius 3 is 2.54 bits per heavy atom. The van der Waals surface area contributed by atoms with Crippen molar-refractivity contribution in [3.05, 3.63) is 30.5 Å². The number of alkyl halides is 1. The summed E-state index contributed by atoms with van der Waals surface area (Å²) in [6.45, 7) is 0.108. The summed E-state index contributed by atoms with van der Waals surface area (Å²) in [5.74, 6) is -3.16. The van der Waals surface area contributed by atoms with Gasteiger partial charge in [0.2, 0.25) is 5.91 Å². The molecular weight excluding hydrogens is 319 g/mol. The molecule has 1 aromatic carbocycles. The van der Waals surface area contributed by atoms with Crippen LogP contribution in [0.15, 0.2) is 30.5 Å². The number of hydrogen-bond acceptors (Lipinski definition) is 4. The van der Waals surface area contributed by atoms with Crippen LogP contribution in [0.3, 0.4) is 0 Å². The third-order valence-electron chi connectivity index (χ3n) is 3.74. The molecule has 24 heavy (non-hydrogen) atoms. The first kappa shape index (κ1) is 17.5. The van der Waals surface area contributed by atoms with Crippen LogP contribution in [0.1, 0.15) is 19.4 Å². The van der Waals surface area contributed by atoms with Crippen molar-refractivity contribution in [2.24, 2.45) is 0 Å². The molecule has 0 fully saturated rings. The minimum Gasteiger partial charge on any atom is -0.494 e. The van der Waals surface area contributed by atoms with E-state index < -0.39 is 42.8 Å². The summed E-state index contributed by atoms with van der Waals surface area (Å²) >= 11 is 0. The van der Waals surface area contributed by atoms with Gasteiger partial charge >= 0.3 is 5.97 Å². The van der Waals surface area contributed by atoms with Crippen LogP contribution in [0.4, 0.5) is 4.39 Å². The number of aliphatic carboxylic acids is 1. The lowest BCUT2D eigenvalue weighted by molar-refractivity contribution is -0.140. The van der Waals surface area contributed by atoms with Gasteiger partial charge < -0.3 is 20.1 Å². The van der Waals surface area contributed by atoms with Crippen molar-refractivity contribution in [2.75, 3.05) is 6.67 Å². The fraction of sp³-hybridized carbons (Fsp3) is 0.312. The molecule has 2 aromatic rings. The van der Waals surface area contributed by atoms with Crippen molar-refractivity contribution in [3.63, 3.8) is 0 Å². The highest BCUT2D eigenvalue weighted by Gasteiger charge is 2.27. The molecule has 3 N–H and O–H groups in total. The fourth-order valence-electron chi connectivity index (χ4n) is 2.39. The van der Waals surface area contributed by atoms with Crippen LogP contribution < -0.4 is 5.32 Å². The second-order valence-corrected chi connectivity index (χ2v) is 5.38. The van der Waals surface area contributed by atoms with E-state index in [9.17, 15) is 23.9 Å². The maximum absolute atomic E-state index is 12.5. The van der Waals surface area contributed by atoms with Gasteiger partial charge in [-0.2, -0.15) is 0 Å². The Balaban J connectivity index is 2.22. The van der Waals surface area contributed by atoms with Crippen molar-refractivity contribution in [2.45, 2.75) is 25.4 Å². The van der Waals surface area contributed by atoms with Gasteiger partial charge in [-0.25, -0.2) is 4.39 Å². The van der Waals surface area contributed by atoms with E-state index in [2.05, 4.69) is 5.32 Å². The summed E-state index contributed by atoms with van der Waals surface area (Å²) < 4.78 is 13.8. The first-order valence-electron chi connectivity index (χ1n) is 7.24. The number of halogens is 1. The highest BCUT2D eigenvalue weighted by molar-refractivity contribution is 5.94. The molecule has 7 nitrogen and oxygen atoms in total. The third kappa shape index (κ3) is 3.53. The molecule has 0 radical (unpaired) electrons. The predicted molar refractivity (Wildman–Crippen MR) is 83.5 cm³/mol. The molecule has 8 heteroatoms. The van der Waals surface area contributed by atoms with E-state index in [0.717, 1.165) is 5.39 Å². The first-order chi connectivity index (χ1) is 11.3. The number of fused-ring (bicyclic) bond motifs is 1. The smallest absolute Gasteiger partial charge is 0.305 e. The van der Waals surface area contributed by atoms with Gasteiger partial charge in [-0.3, -0.25) is 14.4 Å². The molecule has 0 aliphatic rings. The number of carboxylic acid groups (broad SMARTS) is 1. The van der Waals surface area contributed by atoms with Crippen LogP contribution in [0.5, 0.6) is 5.88 Å². The van der Waals surface area contributed by atoms with Gasteiger partial charge in [-0.15, -0.1) is 0 Å². The van der Waals surface area contributed by atoms with E-state index in [4.69, 9.17) is 5.11 Å². The van der Waals surface area contributed by atoms with Crippen molar-refractivity contribution >= 4 is 28.4 Å². The number of Topliss-reactive ketones (excluding diaryl/α,β-unsaturated/α-hetero) is 1. The molecule has 128 valence electrons. The third-order valence-corrected chi connectivity index (χ3v) is 3.74. The molecule has 1 aromatic heterocycles. The minimum atomic E-state index is -1.45. The Hall–Kier alpha value is -2.90. The molecule has 1 unspecified atom stereocenters. The molecule has 1 heterocycles. The van der Waals surface area contributed by atoms with Crippen molar-refractivity contribution < 1.29 is 29.0 Å². The quantitative estimate of drug-likeness (QED) is 0.708. The Kier molecular flexibility index (Phi) is 5.18. The Morgan fingerprint density at radius 1 is 1.29 bits per heavy atom. The van der Waals surface area contributed by atoms with E-state index in [1.807, 2.05) is 0 Å². The summed E-state index contributed by atoms with van der Waals surface area (Å²) in [6.07, 6.45) is 0.860. The minimum absolute atomic E-state index is 0.125. The van der Waals surface area contributed by atoms with Gasteiger partial charge in [0.15, 0.2) is 11.7 Å². The molecular formula is C16H17FN2O5. The van der Waals surface area contributed by atoms with Crippen molar-refractivity contribution in [1.29, 1.82) is 0 Å². The lowest BCUT2D eigenvalue weighted by Crippen LogP contribution is -2.45. The normalized spacial score (nSPS) is 13.4. The Labute approximate surface area is 136 Å². The SMILES string of the molecule is C[C@@H](C(=O)NC(CC(=O)O)C(=O)CF)n1cc2ccccc2c1O. The summed E-state index contributed by atoms with van der Waals surface area (Å²) in [4.78, 5) is 34.5. The zero-order valence-electron chi connectivity index (χ0n) is 12.9. The summed E-state index contributed by atoms with van der Waals surface area (Å²) in [7, 11) is 0. The van der Waals surface area contributed by atoms with E-state index >= 15 is 0 Å². The van der Waals surface area contributed by atoms with Crippen LogP contribution in [-0.4, -0.2) is 45.2 Å². The van der Waals surface area contributed by atoms with Gasteiger partial charge in [-0.05, 0) is 13.0 Å². The van der Waals surface area contributed by atoms with Crippen LogP contribution in [0.25, 0.3) is 10.8 Å². The number of amides is 1. The molecule has 0 spiro atoms. The van der Waals surface area contributed by atoms with Gasteiger partial charge in [-0.1, -0.05) is 18.2 Å². The lowest BCUT2D eigenvalue weighted by Gasteiger charge is -2.19. The van der Waals surface area contributed by atoms with E-state index in [1.165, 1.54) is 11.5 Å². The van der Waals surface area contributed by atoms with Crippen LogP contribution >= 0.6 is 0 Å². The van der Waals surface area contributed by atoms with Crippen LogP contribution in [-0.2, 0) is 14.4 Å². The zero-order valence-corrected chi connectivity index (χ0v) is 12.9. The summed E-state index contributed by atoms with van der Waals surface area (Å²) in [5.41, 5.74) is 0. The van der Waals surface area contributed by atoms with Crippen molar-refractivity contribution in [1.82, 2.24) is 9.88 Å².